The number of hydrogen-bond donors (Lipinski definition) is 8. The molecule has 0 aliphatic carbocycles. The van der Waals surface area contributed by atoms with E-state index in [1.54, 1.807) is 0 Å². The summed E-state index contributed by atoms with van der Waals surface area (Å²) >= 11 is 0. The number of rotatable bonds is 26. The number of carboxylic acid groups (broad SMARTS) is 3. The van der Waals surface area contributed by atoms with Gasteiger partial charge in [-0.1, -0.05) is 70.4 Å². The van der Waals surface area contributed by atoms with Crippen LogP contribution >= 0.6 is 0 Å². The van der Waals surface area contributed by atoms with Crippen LogP contribution in [-0.2, 0) is 24.5 Å². The molecule has 0 amide bonds. The zero-order valence-electron chi connectivity index (χ0n) is 24.4. The van der Waals surface area contributed by atoms with Gasteiger partial charge in [-0.3, -0.25) is 18.9 Å². The Hall–Kier alpha value is -2.10. The predicted molar refractivity (Wildman–Crippen MR) is 153 cm³/mol. The summed E-state index contributed by atoms with van der Waals surface area (Å²) in [4.78, 5) is 36.8. The zero-order valence-corrected chi connectivity index (χ0v) is 25.3. The summed E-state index contributed by atoms with van der Waals surface area (Å²) < 4.78 is 32.2. The van der Waals surface area contributed by atoms with Gasteiger partial charge in [0.1, 0.15) is 5.41 Å². The van der Waals surface area contributed by atoms with E-state index in [0.29, 0.717) is 38.5 Å². The number of carbonyl (C=O) groups is 3. The van der Waals surface area contributed by atoms with Crippen molar-refractivity contribution in [3.05, 3.63) is 12.2 Å². The Morgan fingerprint density at radius 2 is 1.26 bits per heavy atom. The van der Waals surface area contributed by atoms with Crippen molar-refractivity contribution in [3.63, 3.8) is 0 Å². The zero-order chi connectivity index (χ0) is 32.4. The summed E-state index contributed by atoms with van der Waals surface area (Å²) in [6, 6.07) is 0. The van der Waals surface area contributed by atoms with Crippen molar-refractivity contribution >= 4 is 28.0 Å². The maximum atomic E-state index is 12.9. The number of unbranched alkanes of at least 4 members (excludes halogenated alkanes) is 6. The van der Waals surface area contributed by atoms with Crippen LogP contribution in [0.15, 0.2) is 12.2 Å². The monoisotopic (exact) mass is 626 g/mol. The van der Waals surface area contributed by atoms with Gasteiger partial charge in [0.05, 0.1) is 12.0 Å². The van der Waals surface area contributed by atoms with E-state index in [1.807, 2.05) is 6.92 Å². The largest absolute Gasteiger partial charge is 0.481 e. The van der Waals surface area contributed by atoms with E-state index in [1.165, 1.54) is 12.2 Å². The molecular formula is C28H50O13S. The van der Waals surface area contributed by atoms with Crippen LogP contribution < -0.4 is 0 Å². The number of aliphatic hydroxyl groups excluding tert-OH is 4. The number of aliphatic hydroxyl groups is 4. The van der Waals surface area contributed by atoms with Crippen LogP contribution in [0.4, 0.5) is 0 Å². The van der Waals surface area contributed by atoms with Gasteiger partial charge in [-0.2, -0.15) is 8.42 Å². The Kier molecular flexibility index (Phi) is 19.0. The molecule has 8 N–H and O–H groups in total. The number of carboxylic acids is 3. The lowest BCUT2D eigenvalue weighted by molar-refractivity contribution is -0.166. The topological polar surface area (TPSA) is 247 Å². The van der Waals surface area contributed by atoms with Crippen molar-refractivity contribution < 1.29 is 63.1 Å². The average molecular weight is 627 g/mol. The number of aliphatic carboxylic acids is 3. The third kappa shape index (κ3) is 10.9. The molecule has 0 rings (SSSR count). The van der Waals surface area contributed by atoms with E-state index in [2.05, 4.69) is 0 Å². The van der Waals surface area contributed by atoms with Crippen molar-refractivity contribution in [1.82, 2.24) is 0 Å². The van der Waals surface area contributed by atoms with Crippen LogP contribution in [0.2, 0.25) is 0 Å². The molecule has 0 aliphatic rings. The Morgan fingerprint density at radius 1 is 0.714 bits per heavy atom. The van der Waals surface area contributed by atoms with Crippen LogP contribution in [0.5, 0.6) is 0 Å². The van der Waals surface area contributed by atoms with Crippen molar-refractivity contribution in [2.24, 2.45) is 17.3 Å². The van der Waals surface area contributed by atoms with Crippen molar-refractivity contribution in [3.8, 4) is 0 Å². The average Bonchev–Trinajstić information content (AvgIpc) is 2.90. The fourth-order valence-corrected chi connectivity index (χ4v) is 7.12. The molecule has 5 unspecified atom stereocenters. The summed E-state index contributed by atoms with van der Waals surface area (Å²) in [5.41, 5.74) is -2.84. The first-order valence-electron chi connectivity index (χ1n) is 14.6. The predicted octanol–water partition coefficient (Wildman–Crippen LogP) is 2.46. The second kappa shape index (κ2) is 20.0. The van der Waals surface area contributed by atoms with Crippen LogP contribution in [0.3, 0.4) is 0 Å². The Labute approximate surface area is 248 Å². The summed E-state index contributed by atoms with van der Waals surface area (Å²) in [6.45, 7) is -0.302. The van der Waals surface area contributed by atoms with Gasteiger partial charge >= 0.3 is 17.9 Å². The maximum absolute atomic E-state index is 12.9. The van der Waals surface area contributed by atoms with Crippen molar-refractivity contribution in [2.75, 3.05) is 19.8 Å². The smallest absolute Gasteiger partial charge is 0.328 e. The summed E-state index contributed by atoms with van der Waals surface area (Å²) in [6.07, 6.45) is 5.06. The van der Waals surface area contributed by atoms with Gasteiger partial charge in [0.2, 0.25) is 4.75 Å². The van der Waals surface area contributed by atoms with Crippen LogP contribution in [0, 0.1) is 17.3 Å². The highest BCUT2D eigenvalue weighted by Gasteiger charge is 2.70. The second-order valence-corrected chi connectivity index (χ2v) is 12.4. The Balaban J connectivity index is 6.47. The van der Waals surface area contributed by atoms with Crippen LogP contribution in [0.1, 0.15) is 96.8 Å². The molecule has 5 atom stereocenters. The SMILES string of the molecule is CCCCCCC(O)/C=C/C(CCCCCCC(CCO)C(=O)O)C(CCO)(C(=O)O)C(CCO)(C(=O)O)S(=O)(=O)O. The maximum Gasteiger partial charge on any atom is 0.328 e. The molecule has 0 saturated carbocycles. The molecule has 0 aromatic carbocycles. The molecule has 0 bridgehead atoms. The first kappa shape index (κ1) is 39.9. The molecule has 0 aromatic heterocycles. The highest BCUT2D eigenvalue weighted by atomic mass is 32.2. The van der Waals surface area contributed by atoms with E-state index in [4.69, 9.17) is 5.11 Å². The summed E-state index contributed by atoms with van der Waals surface area (Å²) in [5, 5.41) is 68.9. The molecule has 0 aromatic rings. The quantitative estimate of drug-likeness (QED) is 0.0391. The van der Waals surface area contributed by atoms with Crippen LogP contribution in [-0.4, -0.2) is 97.3 Å². The van der Waals surface area contributed by atoms with E-state index in [0.717, 1.165) is 19.3 Å². The normalized spacial score (nSPS) is 17.3. The molecule has 0 spiro atoms. The highest BCUT2D eigenvalue weighted by molar-refractivity contribution is 7.88. The Bertz CT molecular complexity index is 951. The fraction of sp³-hybridized carbons (Fsp3) is 0.821. The standard InChI is InChI=1S/C28H50O13S/c1-2-3-4-9-12-23(32)14-13-22(11-8-6-5-7-10-21(15-18-29)24(33)34)27(16-19-30,25(35)36)28(17-20-31,26(37)38)42(39,40)41/h13-14,21-23,29-32H,2-12,15-20H2,1H3,(H,33,34)(H,35,36)(H,37,38)(H,39,40,41)/b14-13+. The van der Waals surface area contributed by atoms with Gasteiger partial charge in [-0.05, 0) is 38.0 Å². The lowest BCUT2D eigenvalue weighted by atomic mass is 9.61. The van der Waals surface area contributed by atoms with Gasteiger partial charge in [0.25, 0.3) is 10.1 Å². The first-order chi connectivity index (χ1) is 19.7. The van der Waals surface area contributed by atoms with Crippen molar-refractivity contribution in [2.45, 2.75) is 108 Å². The molecule has 0 saturated heterocycles. The van der Waals surface area contributed by atoms with Crippen molar-refractivity contribution in [1.29, 1.82) is 0 Å². The molecule has 13 nitrogen and oxygen atoms in total. The van der Waals surface area contributed by atoms with Gasteiger partial charge in [-0.15, -0.1) is 0 Å². The Morgan fingerprint density at radius 3 is 1.71 bits per heavy atom. The first-order valence-corrected chi connectivity index (χ1v) is 16.0. The van der Waals surface area contributed by atoms with E-state index >= 15 is 0 Å². The molecule has 14 heteroatoms. The van der Waals surface area contributed by atoms with E-state index < -0.39 is 82.2 Å². The lowest BCUT2D eigenvalue weighted by Crippen LogP contribution is -2.66. The molecular weight excluding hydrogens is 576 g/mol. The molecule has 0 radical (unpaired) electrons. The molecule has 0 aliphatic heterocycles. The molecule has 0 fully saturated rings. The minimum absolute atomic E-state index is 0.100. The van der Waals surface area contributed by atoms with Gasteiger partial charge in [-0.25, -0.2) is 0 Å². The van der Waals surface area contributed by atoms with Gasteiger partial charge in [0, 0.05) is 26.2 Å². The number of hydrogen-bond acceptors (Lipinski definition) is 9. The van der Waals surface area contributed by atoms with E-state index in [9.17, 15) is 58.0 Å². The minimum Gasteiger partial charge on any atom is -0.481 e. The molecule has 42 heavy (non-hydrogen) atoms. The second-order valence-electron chi connectivity index (χ2n) is 10.8. The minimum atomic E-state index is -5.70. The fourth-order valence-electron chi connectivity index (χ4n) is 5.75. The van der Waals surface area contributed by atoms with Crippen LogP contribution in [0.25, 0.3) is 0 Å². The molecule has 246 valence electrons. The number of allylic oxidation sites excluding steroid dienone is 1. The summed E-state index contributed by atoms with van der Waals surface area (Å²) in [7, 11) is -5.70. The third-order valence-corrected chi connectivity index (χ3v) is 9.68. The third-order valence-electron chi connectivity index (χ3n) is 8.05. The van der Waals surface area contributed by atoms with Gasteiger partial charge in [0.15, 0.2) is 0 Å². The summed E-state index contributed by atoms with van der Waals surface area (Å²) in [5.74, 6) is -7.28. The molecule has 0 heterocycles. The van der Waals surface area contributed by atoms with Gasteiger partial charge < -0.3 is 35.7 Å². The lowest BCUT2D eigenvalue weighted by Gasteiger charge is -2.46. The highest BCUT2D eigenvalue weighted by Crippen LogP contribution is 2.51. The van der Waals surface area contributed by atoms with E-state index in [-0.39, 0.29) is 25.9 Å².